The third kappa shape index (κ3) is 5.23. The van der Waals surface area contributed by atoms with Crippen molar-refractivity contribution in [3.63, 3.8) is 0 Å². The van der Waals surface area contributed by atoms with Gasteiger partial charge in [-0.25, -0.2) is 13.2 Å². The van der Waals surface area contributed by atoms with Crippen LogP contribution in [0, 0.1) is 28.9 Å². The van der Waals surface area contributed by atoms with Gasteiger partial charge in [0, 0.05) is 49.1 Å². The fourth-order valence-electron chi connectivity index (χ4n) is 9.38. The van der Waals surface area contributed by atoms with E-state index < -0.39 is 23.3 Å². The van der Waals surface area contributed by atoms with Gasteiger partial charge in [-0.1, -0.05) is 17.7 Å². The van der Waals surface area contributed by atoms with Gasteiger partial charge in [-0.2, -0.15) is 15.2 Å². The first kappa shape index (κ1) is 33.5. The number of likely N-dealkylation sites (tertiary alicyclic amines) is 1. The number of fused-ring (bicyclic) bond motifs is 2. The number of nitrogen functional groups attached to an aromatic ring is 1. The number of anilines is 2. The Bertz CT molecular complexity index is 2270. The highest BCUT2D eigenvalue weighted by molar-refractivity contribution is 7.23. The molecule has 3 N–H and O–H groups in total. The van der Waals surface area contributed by atoms with Gasteiger partial charge in [0.1, 0.15) is 53.6 Å². The van der Waals surface area contributed by atoms with E-state index in [4.69, 9.17) is 31.8 Å². The number of hydrogen-bond donors (Lipinski definition) is 2. The number of carbonyl (C=O) groups is 1. The zero-order valence-electron chi connectivity index (χ0n) is 28.6. The van der Waals surface area contributed by atoms with Gasteiger partial charge in [-0.15, -0.1) is 11.3 Å². The van der Waals surface area contributed by atoms with Crippen molar-refractivity contribution >= 4 is 60.7 Å². The van der Waals surface area contributed by atoms with Gasteiger partial charge in [-0.3, -0.25) is 15.0 Å². The van der Waals surface area contributed by atoms with Gasteiger partial charge in [0.2, 0.25) is 5.91 Å². The summed E-state index contributed by atoms with van der Waals surface area (Å²) in [5.41, 5.74) is 5.58. The summed E-state index contributed by atoms with van der Waals surface area (Å²) in [4.78, 5) is 29.0. The van der Waals surface area contributed by atoms with Gasteiger partial charge in [0.15, 0.2) is 11.6 Å². The van der Waals surface area contributed by atoms with Crippen LogP contribution in [0.3, 0.4) is 0 Å². The normalized spacial score (nSPS) is 28.0. The standard InChI is InChI=1S/C37H36ClF3N8O3S/c38-26-24(20-4-5-22(40)32-23(20)21(13-42)33(43)53-32)27(41)29-25-31(26)51-11-10-49(19-6-9-47(15-19)35(50)30-28(44-30)17-2-3-17)34(25)46-36(45-29)52-16-37-7-1-8-48(37)14-18(39)12-37/h4-5,17-19,28,30,44H,1-3,6-12,14-16,43H2/t18-,19?,28+,30-,37+/m1/s1. The van der Waals surface area contributed by atoms with Crippen LogP contribution in [0.15, 0.2) is 12.1 Å². The van der Waals surface area contributed by atoms with E-state index >= 15 is 8.78 Å². The summed E-state index contributed by atoms with van der Waals surface area (Å²) in [5.74, 6) is -0.221. The SMILES string of the molecule is N#Cc1c(N)sc2c(F)ccc(-c3c(Cl)c4c5c(nc(OC[C@@]67CCCN6C[C@H](F)C7)nc5c3F)N(C3CCN(C(=O)[C@@H]5N[C@H]5C5CC5)C3)CCO4)c12. The molecule has 4 aromatic rings. The number of hydrogen-bond acceptors (Lipinski definition) is 11. The molecule has 16 heteroatoms. The number of benzene rings is 2. The fourth-order valence-corrected chi connectivity index (χ4v) is 10.7. The van der Waals surface area contributed by atoms with Crippen LogP contribution in [-0.4, -0.2) is 101 Å². The predicted molar refractivity (Wildman–Crippen MR) is 194 cm³/mol. The average Bonchev–Trinajstić information content (AvgIpc) is 4.00. The lowest BCUT2D eigenvalue weighted by atomic mass is 9.95. The number of thiophene rings is 1. The summed E-state index contributed by atoms with van der Waals surface area (Å²) < 4.78 is 59.9. The van der Waals surface area contributed by atoms with Gasteiger partial charge >= 0.3 is 6.01 Å². The Balaban J connectivity index is 1.09. The first-order valence-corrected chi connectivity index (χ1v) is 19.4. The van der Waals surface area contributed by atoms with Crippen molar-refractivity contribution in [2.24, 2.45) is 5.92 Å². The van der Waals surface area contributed by atoms with Crippen LogP contribution in [0.25, 0.3) is 32.1 Å². The Kier molecular flexibility index (Phi) is 7.71. The number of nitrogens with zero attached hydrogens (tertiary/aromatic N) is 6. The van der Waals surface area contributed by atoms with Crippen molar-refractivity contribution < 1.29 is 27.4 Å². The van der Waals surface area contributed by atoms with Crippen LogP contribution in [0.5, 0.6) is 11.8 Å². The Hall–Kier alpha value is -4.10. The Morgan fingerprint density at radius 1 is 1.19 bits per heavy atom. The Morgan fingerprint density at radius 2 is 2.04 bits per heavy atom. The third-order valence-electron chi connectivity index (χ3n) is 12.2. The molecule has 0 bridgehead atoms. The zero-order chi connectivity index (χ0) is 36.3. The van der Waals surface area contributed by atoms with Crippen LogP contribution in [0.4, 0.5) is 24.0 Å². The molecule has 4 saturated heterocycles. The average molecular weight is 765 g/mol. The molecule has 2 aromatic carbocycles. The number of nitrogens with one attached hydrogen (secondary N) is 1. The monoisotopic (exact) mass is 764 g/mol. The smallest absolute Gasteiger partial charge is 0.319 e. The van der Waals surface area contributed by atoms with Crippen molar-refractivity contribution in [2.75, 3.05) is 56.6 Å². The van der Waals surface area contributed by atoms with Crippen LogP contribution in [0.1, 0.15) is 44.1 Å². The van der Waals surface area contributed by atoms with Crippen LogP contribution in [-0.2, 0) is 4.79 Å². The zero-order valence-corrected chi connectivity index (χ0v) is 30.2. The van der Waals surface area contributed by atoms with E-state index in [1.165, 1.54) is 12.1 Å². The molecular weight excluding hydrogens is 729 g/mol. The topological polar surface area (TPSA) is 143 Å². The van der Waals surface area contributed by atoms with Crippen LogP contribution < -0.4 is 25.4 Å². The van der Waals surface area contributed by atoms with Crippen molar-refractivity contribution in [3.05, 3.63) is 34.4 Å². The lowest BCUT2D eigenvalue weighted by Crippen LogP contribution is -2.44. The summed E-state index contributed by atoms with van der Waals surface area (Å²) in [7, 11) is 0. The van der Waals surface area contributed by atoms with Crippen molar-refractivity contribution in [3.8, 4) is 29.0 Å². The third-order valence-corrected chi connectivity index (χ3v) is 13.5. The molecule has 5 fully saturated rings. The summed E-state index contributed by atoms with van der Waals surface area (Å²) in [6.45, 7) is 2.80. The number of nitrogens with two attached hydrogens (primary N) is 1. The first-order valence-electron chi connectivity index (χ1n) is 18.3. The number of rotatable bonds is 7. The van der Waals surface area contributed by atoms with Crippen LogP contribution in [0.2, 0.25) is 5.02 Å². The Morgan fingerprint density at radius 3 is 2.85 bits per heavy atom. The lowest BCUT2D eigenvalue weighted by Gasteiger charge is -2.31. The van der Waals surface area contributed by atoms with Crippen molar-refractivity contribution in [2.45, 2.75) is 68.4 Å². The maximum atomic E-state index is 17.4. The second-order valence-corrected chi connectivity index (χ2v) is 16.7. The van der Waals surface area contributed by atoms with Crippen molar-refractivity contribution in [1.82, 2.24) is 25.1 Å². The number of nitriles is 1. The van der Waals surface area contributed by atoms with Gasteiger partial charge in [0.25, 0.3) is 0 Å². The van der Waals surface area contributed by atoms with Gasteiger partial charge in [-0.05, 0) is 56.2 Å². The summed E-state index contributed by atoms with van der Waals surface area (Å²) in [5, 5.41) is 13.8. The first-order chi connectivity index (χ1) is 25.7. The molecule has 53 heavy (non-hydrogen) atoms. The fraction of sp³-hybridized carbons (Fsp3) is 0.514. The summed E-state index contributed by atoms with van der Waals surface area (Å²) in [6.07, 6.45) is 4.04. The molecule has 5 atom stereocenters. The van der Waals surface area contributed by atoms with E-state index in [1.54, 1.807) is 0 Å². The second kappa shape index (κ2) is 12.2. The van der Waals surface area contributed by atoms with E-state index in [2.05, 4.69) is 15.2 Å². The molecular formula is C37H36ClF3N8O3S. The molecule has 0 spiro atoms. The van der Waals surface area contributed by atoms with Crippen molar-refractivity contribution in [1.29, 1.82) is 5.26 Å². The highest BCUT2D eigenvalue weighted by Crippen LogP contribution is 2.51. The molecule has 10 rings (SSSR count). The molecule has 1 amide bonds. The predicted octanol–water partition coefficient (Wildman–Crippen LogP) is 5.40. The number of carbonyl (C=O) groups excluding carboxylic acids is 1. The Labute approximate surface area is 311 Å². The second-order valence-electron chi connectivity index (χ2n) is 15.3. The minimum Gasteiger partial charge on any atom is -0.489 e. The summed E-state index contributed by atoms with van der Waals surface area (Å²) >= 11 is 8.00. The van der Waals surface area contributed by atoms with Crippen LogP contribution >= 0.6 is 22.9 Å². The van der Waals surface area contributed by atoms with E-state index in [1.807, 2.05) is 15.9 Å². The maximum absolute atomic E-state index is 17.4. The molecule has 5 aliphatic heterocycles. The number of halogens is 4. The van der Waals surface area contributed by atoms with Gasteiger partial charge in [0.05, 0.1) is 32.8 Å². The molecule has 6 aliphatic rings. The molecule has 11 nitrogen and oxygen atoms in total. The highest BCUT2D eigenvalue weighted by atomic mass is 35.5. The minimum atomic E-state index is -0.964. The van der Waals surface area contributed by atoms with E-state index in [-0.39, 0.29) is 96.7 Å². The molecule has 2 aromatic heterocycles. The highest BCUT2D eigenvalue weighted by Gasteiger charge is 2.53. The summed E-state index contributed by atoms with van der Waals surface area (Å²) in [6, 6.07) is 4.50. The number of ether oxygens (including phenoxy) is 2. The van der Waals surface area contributed by atoms with E-state index in [0.717, 1.165) is 43.6 Å². The molecule has 276 valence electrons. The molecule has 1 saturated carbocycles. The van der Waals surface area contributed by atoms with Gasteiger partial charge < -0.3 is 25.0 Å². The van der Waals surface area contributed by atoms with E-state index in [0.29, 0.717) is 50.8 Å². The van der Waals surface area contributed by atoms with E-state index in [9.17, 15) is 14.4 Å². The minimum absolute atomic E-state index is 0.0220. The molecule has 0 radical (unpaired) electrons. The largest absolute Gasteiger partial charge is 0.489 e. The maximum Gasteiger partial charge on any atom is 0.319 e. The quantitative estimate of drug-likeness (QED) is 0.235. The number of alkyl halides is 1. The number of amides is 1. The number of aromatic nitrogens is 2. The molecule has 1 aliphatic carbocycles. The molecule has 1 unspecified atom stereocenters. The lowest BCUT2D eigenvalue weighted by molar-refractivity contribution is -0.129. The molecule has 7 heterocycles.